The smallest absolute Gasteiger partial charge is 0.130 e. The van der Waals surface area contributed by atoms with Crippen molar-refractivity contribution in [2.45, 2.75) is 24.7 Å². The van der Waals surface area contributed by atoms with Crippen LogP contribution in [0, 0.1) is 17.6 Å². The standard InChI is InChI=1S/C13H16BrF2N/c1-9-7-17(6-5-11(9)14)8-10-12(15)3-2-4-13(10)16/h2-4,9,11H,5-8H2,1H3. The lowest BCUT2D eigenvalue weighted by atomic mass is 9.99. The lowest BCUT2D eigenvalue weighted by Gasteiger charge is -2.34. The zero-order valence-electron chi connectivity index (χ0n) is 9.80. The summed E-state index contributed by atoms with van der Waals surface area (Å²) in [6.45, 7) is 4.28. The van der Waals surface area contributed by atoms with E-state index < -0.39 is 11.6 Å². The largest absolute Gasteiger partial charge is 0.299 e. The first-order valence-electron chi connectivity index (χ1n) is 5.87. The first kappa shape index (κ1) is 13.0. The molecule has 94 valence electrons. The zero-order chi connectivity index (χ0) is 12.4. The van der Waals surface area contributed by atoms with E-state index >= 15 is 0 Å². The Hall–Kier alpha value is -0.480. The summed E-state index contributed by atoms with van der Waals surface area (Å²) in [4.78, 5) is 2.63. The van der Waals surface area contributed by atoms with Crippen LogP contribution in [0.2, 0.25) is 0 Å². The molecule has 1 aliphatic rings. The van der Waals surface area contributed by atoms with Crippen molar-refractivity contribution in [1.82, 2.24) is 4.90 Å². The highest BCUT2D eigenvalue weighted by Crippen LogP contribution is 2.25. The summed E-state index contributed by atoms with van der Waals surface area (Å²) in [6, 6.07) is 4.04. The maximum absolute atomic E-state index is 13.5. The van der Waals surface area contributed by atoms with Gasteiger partial charge in [0.25, 0.3) is 0 Å². The van der Waals surface area contributed by atoms with Gasteiger partial charge in [0.2, 0.25) is 0 Å². The number of halogens is 3. The molecule has 0 saturated carbocycles. The van der Waals surface area contributed by atoms with Crippen molar-refractivity contribution in [1.29, 1.82) is 0 Å². The van der Waals surface area contributed by atoms with Gasteiger partial charge in [0, 0.05) is 23.5 Å². The lowest BCUT2D eigenvalue weighted by Crippen LogP contribution is -2.39. The van der Waals surface area contributed by atoms with Gasteiger partial charge in [0.1, 0.15) is 11.6 Å². The van der Waals surface area contributed by atoms with Crippen molar-refractivity contribution in [2.75, 3.05) is 13.1 Å². The average Bonchev–Trinajstić information content (AvgIpc) is 2.28. The number of nitrogens with zero attached hydrogens (tertiary/aromatic N) is 1. The average molecular weight is 304 g/mol. The van der Waals surface area contributed by atoms with Gasteiger partial charge in [0.15, 0.2) is 0 Å². The third-order valence-electron chi connectivity index (χ3n) is 3.33. The molecule has 0 aliphatic carbocycles. The molecule has 0 radical (unpaired) electrons. The summed E-state index contributed by atoms with van der Waals surface area (Å²) in [5.41, 5.74) is 0.188. The molecule has 1 heterocycles. The second-order valence-electron chi connectivity index (χ2n) is 4.72. The minimum atomic E-state index is -0.446. The Kier molecular flexibility index (Phi) is 4.15. The molecule has 1 nitrogen and oxygen atoms in total. The number of hydrogen-bond donors (Lipinski definition) is 0. The molecule has 1 fully saturated rings. The molecule has 17 heavy (non-hydrogen) atoms. The van der Waals surface area contributed by atoms with Crippen molar-refractivity contribution >= 4 is 15.9 Å². The van der Waals surface area contributed by atoms with E-state index in [1.165, 1.54) is 18.2 Å². The van der Waals surface area contributed by atoms with E-state index in [0.717, 1.165) is 19.5 Å². The van der Waals surface area contributed by atoms with Crippen LogP contribution in [0.1, 0.15) is 18.9 Å². The summed E-state index contributed by atoms with van der Waals surface area (Å²) in [7, 11) is 0. The molecule has 1 saturated heterocycles. The molecule has 0 aromatic heterocycles. The monoisotopic (exact) mass is 303 g/mol. The first-order valence-corrected chi connectivity index (χ1v) is 6.79. The summed E-state index contributed by atoms with van der Waals surface area (Å²) in [5, 5.41) is 0. The second kappa shape index (κ2) is 5.44. The van der Waals surface area contributed by atoms with Gasteiger partial charge in [-0.3, -0.25) is 4.90 Å². The lowest BCUT2D eigenvalue weighted by molar-refractivity contribution is 0.179. The molecule has 0 amide bonds. The van der Waals surface area contributed by atoms with Gasteiger partial charge in [-0.05, 0) is 31.0 Å². The van der Waals surface area contributed by atoms with E-state index in [2.05, 4.69) is 27.8 Å². The maximum atomic E-state index is 13.5. The Bertz CT molecular complexity index is 377. The highest BCUT2D eigenvalue weighted by molar-refractivity contribution is 9.09. The Balaban J connectivity index is 2.06. The van der Waals surface area contributed by atoms with Crippen molar-refractivity contribution in [3.63, 3.8) is 0 Å². The van der Waals surface area contributed by atoms with E-state index in [1.54, 1.807) is 0 Å². The number of alkyl halides is 1. The van der Waals surface area contributed by atoms with Gasteiger partial charge in [0.05, 0.1) is 0 Å². The van der Waals surface area contributed by atoms with E-state index in [4.69, 9.17) is 0 Å². The van der Waals surface area contributed by atoms with Crippen molar-refractivity contribution < 1.29 is 8.78 Å². The molecule has 0 bridgehead atoms. The Morgan fingerprint density at radius 2 is 2.00 bits per heavy atom. The van der Waals surface area contributed by atoms with E-state index in [9.17, 15) is 8.78 Å². The van der Waals surface area contributed by atoms with Gasteiger partial charge in [-0.1, -0.05) is 28.9 Å². The summed E-state index contributed by atoms with van der Waals surface area (Å²) >= 11 is 3.62. The highest BCUT2D eigenvalue weighted by Gasteiger charge is 2.25. The van der Waals surface area contributed by atoms with Crippen LogP contribution < -0.4 is 0 Å². The molecule has 2 rings (SSSR count). The van der Waals surface area contributed by atoms with Crippen molar-refractivity contribution in [2.24, 2.45) is 5.92 Å². The third kappa shape index (κ3) is 3.05. The Morgan fingerprint density at radius 3 is 2.59 bits per heavy atom. The molecular formula is C13H16BrF2N. The predicted molar refractivity (Wildman–Crippen MR) is 68.1 cm³/mol. The number of benzene rings is 1. The fraction of sp³-hybridized carbons (Fsp3) is 0.538. The maximum Gasteiger partial charge on any atom is 0.130 e. The zero-order valence-corrected chi connectivity index (χ0v) is 11.4. The molecule has 2 atom stereocenters. The number of piperidine rings is 1. The Morgan fingerprint density at radius 1 is 1.35 bits per heavy atom. The van der Waals surface area contributed by atoms with Crippen molar-refractivity contribution in [3.8, 4) is 0 Å². The summed E-state index contributed by atoms with van der Waals surface area (Å²) in [5.74, 6) is -0.379. The van der Waals surface area contributed by atoms with Crippen LogP contribution in [-0.4, -0.2) is 22.8 Å². The quantitative estimate of drug-likeness (QED) is 0.755. The topological polar surface area (TPSA) is 3.24 Å². The molecule has 1 aromatic rings. The molecular weight excluding hydrogens is 288 g/mol. The van der Waals surface area contributed by atoms with Gasteiger partial charge < -0.3 is 0 Å². The van der Waals surface area contributed by atoms with Crippen LogP contribution in [0.25, 0.3) is 0 Å². The number of rotatable bonds is 2. The van der Waals surface area contributed by atoms with E-state index in [-0.39, 0.29) is 5.56 Å². The van der Waals surface area contributed by atoms with Gasteiger partial charge >= 0.3 is 0 Å². The highest BCUT2D eigenvalue weighted by atomic mass is 79.9. The predicted octanol–water partition coefficient (Wildman–Crippen LogP) is 3.57. The molecule has 4 heteroatoms. The van der Waals surface area contributed by atoms with Crippen LogP contribution in [-0.2, 0) is 6.54 Å². The summed E-state index contributed by atoms with van der Waals surface area (Å²) in [6.07, 6.45) is 1.03. The molecule has 1 aliphatic heterocycles. The normalized spacial score (nSPS) is 26.1. The van der Waals surface area contributed by atoms with Crippen molar-refractivity contribution in [3.05, 3.63) is 35.4 Å². The minimum Gasteiger partial charge on any atom is -0.299 e. The fourth-order valence-electron chi connectivity index (χ4n) is 2.25. The van der Waals surface area contributed by atoms with Gasteiger partial charge in [-0.25, -0.2) is 8.78 Å². The fourth-order valence-corrected chi connectivity index (χ4v) is 2.63. The second-order valence-corrected chi connectivity index (χ2v) is 5.89. The number of hydrogen-bond acceptors (Lipinski definition) is 1. The van der Waals surface area contributed by atoms with Gasteiger partial charge in [-0.2, -0.15) is 0 Å². The SMILES string of the molecule is CC1CN(Cc2c(F)cccc2F)CCC1Br. The van der Waals surface area contributed by atoms with Crippen LogP contribution in [0.4, 0.5) is 8.78 Å². The molecule has 1 aromatic carbocycles. The molecule has 0 N–H and O–H groups in total. The minimum absolute atomic E-state index is 0.188. The van der Waals surface area contributed by atoms with Crippen LogP contribution in [0.15, 0.2) is 18.2 Å². The summed E-state index contributed by atoms with van der Waals surface area (Å²) < 4.78 is 27.0. The van der Waals surface area contributed by atoms with Gasteiger partial charge in [-0.15, -0.1) is 0 Å². The Labute approximate surface area is 109 Å². The third-order valence-corrected chi connectivity index (χ3v) is 4.69. The van der Waals surface area contributed by atoms with Crippen LogP contribution in [0.3, 0.4) is 0 Å². The molecule has 2 unspecified atom stereocenters. The van der Waals surface area contributed by atoms with E-state index in [1.807, 2.05) is 0 Å². The van der Waals surface area contributed by atoms with E-state index in [0.29, 0.717) is 17.3 Å². The molecule has 0 spiro atoms. The first-order chi connectivity index (χ1) is 8.08. The number of likely N-dealkylation sites (tertiary alicyclic amines) is 1. The van der Waals surface area contributed by atoms with Crippen LogP contribution in [0.5, 0.6) is 0 Å². The van der Waals surface area contributed by atoms with Crippen LogP contribution >= 0.6 is 15.9 Å².